The predicted octanol–water partition coefficient (Wildman–Crippen LogP) is 2.00. The Balaban J connectivity index is 1.66. The predicted molar refractivity (Wildman–Crippen MR) is 114 cm³/mol. The van der Waals surface area contributed by atoms with Gasteiger partial charge in [0, 0.05) is 32.7 Å². The molecule has 0 radical (unpaired) electrons. The molecule has 8 heteroatoms. The van der Waals surface area contributed by atoms with Crippen molar-refractivity contribution in [2.75, 3.05) is 14.1 Å². The van der Waals surface area contributed by atoms with Gasteiger partial charge in [-0.2, -0.15) is 0 Å². The van der Waals surface area contributed by atoms with Crippen LogP contribution in [0, 0.1) is 6.92 Å². The van der Waals surface area contributed by atoms with E-state index >= 15 is 0 Å². The van der Waals surface area contributed by atoms with Crippen LogP contribution in [0.3, 0.4) is 0 Å². The molecule has 1 aromatic carbocycles. The average Bonchev–Trinajstić information content (AvgIpc) is 3.34. The van der Waals surface area contributed by atoms with Crippen LogP contribution in [0.4, 0.5) is 0 Å². The van der Waals surface area contributed by atoms with Crippen molar-refractivity contribution in [2.24, 2.45) is 12.0 Å². The van der Waals surface area contributed by atoms with Gasteiger partial charge in [-0.15, -0.1) is 10.2 Å². The highest BCUT2D eigenvalue weighted by molar-refractivity contribution is 5.93. The van der Waals surface area contributed by atoms with Crippen LogP contribution < -0.4 is 10.6 Å². The van der Waals surface area contributed by atoms with Crippen molar-refractivity contribution in [2.45, 2.75) is 51.7 Å². The molecule has 29 heavy (non-hydrogen) atoms. The molecular weight excluding hydrogens is 366 g/mol. The molecule has 2 aromatic rings. The SMILES string of the molecule is Cc1nnc(CNC(=NCc2ccc(C(=O)N(C)C)cc2)NC2CCCC2)n1C. The number of amides is 1. The molecule has 1 aromatic heterocycles. The molecule has 0 saturated heterocycles. The molecule has 0 atom stereocenters. The van der Waals surface area contributed by atoms with Crippen molar-refractivity contribution < 1.29 is 4.79 Å². The Morgan fingerprint density at radius 1 is 1.21 bits per heavy atom. The standard InChI is InChI=1S/C21H31N7O/c1-15-25-26-19(28(15)4)14-23-21(24-18-7-5-6-8-18)22-13-16-9-11-17(12-10-16)20(29)27(2)3/h9-12,18H,5-8,13-14H2,1-4H3,(H2,22,23,24). The third-order valence-electron chi connectivity index (χ3n) is 5.32. The van der Waals surface area contributed by atoms with E-state index in [0.29, 0.717) is 24.7 Å². The van der Waals surface area contributed by atoms with Gasteiger partial charge in [-0.1, -0.05) is 25.0 Å². The summed E-state index contributed by atoms with van der Waals surface area (Å²) in [7, 11) is 5.47. The van der Waals surface area contributed by atoms with Crippen LogP contribution in [0.15, 0.2) is 29.3 Å². The number of aromatic nitrogens is 3. The quantitative estimate of drug-likeness (QED) is 0.575. The Morgan fingerprint density at radius 3 is 2.48 bits per heavy atom. The molecule has 3 rings (SSSR count). The van der Waals surface area contributed by atoms with Gasteiger partial charge in [-0.25, -0.2) is 4.99 Å². The summed E-state index contributed by atoms with van der Waals surface area (Å²) in [5.74, 6) is 2.54. The highest BCUT2D eigenvalue weighted by atomic mass is 16.2. The third-order valence-corrected chi connectivity index (χ3v) is 5.32. The fourth-order valence-corrected chi connectivity index (χ4v) is 3.37. The number of nitrogens with one attached hydrogen (secondary N) is 2. The van der Waals surface area contributed by atoms with Gasteiger partial charge in [0.25, 0.3) is 5.91 Å². The van der Waals surface area contributed by atoms with Gasteiger partial charge in [0.15, 0.2) is 11.8 Å². The normalized spacial score (nSPS) is 14.8. The Bertz CT molecular complexity index is 848. The zero-order valence-corrected chi connectivity index (χ0v) is 17.8. The molecule has 1 heterocycles. The summed E-state index contributed by atoms with van der Waals surface area (Å²) in [6.45, 7) is 3.04. The summed E-state index contributed by atoms with van der Waals surface area (Å²) in [4.78, 5) is 18.4. The second-order valence-corrected chi connectivity index (χ2v) is 7.76. The molecule has 0 unspecified atom stereocenters. The minimum absolute atomic E-state index is 0.00396. The molecule has 1 aliphatic rings. The molecule has 156 valence electrons. The lowest BCUT2D eigenvalue weighted by atomic mass is 10.1. The van der Waals surface area contributed by atoms with Gasteiger partial charge < -0.3 is 20.1 Å². The van der Waals surface area contributed by atoms with E-state index in [1.165, 1.54) is 25.7 Å². The second kappa shape index (κ2) is 9.54. The Morgan fingerprint density at radius 2 is 1.90 bits per heavy atom. The lowest BCUT2D eigenvalue weighted by Crippen LogP contribution is -2.42. The Hall–Kier alpha value is -2.90. The zero-order chi connectivity index (χ0) is 20.8. The van der Waals surface area contributed by atoms with Gasteiger partial charge in [-0.05, 0) is 37.5 Å². The fourth-order valence-electron chi connectivity index (χ4n) is 3.37. The topological polar surface area (TPSA) is 87.4 Å². The van der Waals surface area contributed by atoms with Crippen molar-refractivity contribution in [3.05, 3.63) is 47.0 Å². The number of aryl methyl sites for hydroxylation is 1. The smallest absolute Gasteiger partial charge is 0.253 e. The van der Waals surface area contributed by atoms with E-state index in [1.807, 2.05) is 42.8 Å². The van der Waals surface area contributed by atoms with Crippen LogP contribution in [-0.4, -0.2) is 51.7 Å². The molecule has 1 aliphatic carbocycles. The molecule has 1 saturated carbocycles. The monoisotopic (exact) mass is 397 g/mol. The van der Waals surface area contributed by atoms with Gasteiger partial charge >= 0.3 is 0 Å². The number of hydrogen-bond acceptors (Lipinski definition) is 4. The highest BCUT2D eigenvalue weighted by Crippen LogP contribution is 2.17. The van der Waals surface area contributed by atoms with Crippen molar-refractivity contribution >= 4 is 11.9 Å². The average molecular weight is 398 g/mol. The summed E-state index contributed by atoms with van der Waals surface area (Å²) in [5.41, 5.74) is 1.74. The molecule has 1 amide bonds. The second-order valence-electron chi connectivity index (χ2n) is 7.76. The number of nitrogens with zero attached hydrogens (tertiary/aromatic N) is 5. The van der Waals surface area contributed by atoms with Crippen molar-refractivity contribution in [1.82, 2.24) is 30.3 Å². The van der Waals surface area contributed by atoms with Crippen LogP contribution in [0.2, 0.25) is 0 Å². The molecule has 2 N–H and O–H groups in total. The van der Waals surface area contributed by atoms with Crippen LogP contribution >= 0.6 is 0 Å². The van der Waals surface area contributed by atoms with Crippen molar-refractivity contribution in [1.29, 1.82) is 0 Å². The van der Waals surface area contributed by atoms with E-state index in [4.69, 9.17) is 4.99 Å². The Labute approximate surface area is 172 Å². The number of guanidine groups is 1. The Kier molecular flexibility index (Phi) is 6.85. The summed E-state index contributed by atoms with van der Waals surface area (Å²) in [6.07, 6.45) is 4.86. The van der Waals surface area contributed by atoms with Gasteiger partial charge in [0.1, 0.15) is 5.82 Å². The molecule has 1 fully saturated rings. The maximum absolute atomic E-state index is 12.0. The molecule has 8 nitrogen and oxygen atoms in total. The van der Waals surface area contributed by atoms with Crippen molar-refractivity contribution in [3.63, 3.8) is 0 Å². The first-order valence-corrected chi connectivity index (χ1v) is 10.1. The lowest BCUT2D eigenvalue weighted by Gasteiger charge is -2.17. The lowest BCUT2D eigenvalue weighted by molar-refractivity contribution is 0.0827. The van der Waals surface area contributed by atoms with Gasteiger partial charge in [0.2, 0.25) is 0 Å². The number of rotatable bonds is 6. The summed E-state index contributed by atoms with van der Waals surface area (Å²) < 4.78 is 1.97. The molecule has 0 bridgehead atoms. The molecular formula is C21H31N7O. The van der Waals surface area contributed by atoms with Gasteiger partial charge in [0.05, 0.1) is 13.1 Å². The van der Waals surface area contributed by atoms with Crippen LogP contribution in [0.5, 0.6) is 0 Å². The number of carbonyl (C=O) groups excluding carboxylic acids is 1. The minimum atomic E-state index is 0.00396. The van der Waals surface area contributed by atoms with Crippen LogP contribution in [-0.2, 0) is 20.1 Å². The van der Waals surface area contributed by atoms with E-state index in [2.05, 4.69) is 20.8 Å². The minimum Gasteiger partial charge on any atom is -0.354 e. The maximum atomic E-state index is 12.0. The van der Waals surface area contributed by atoms with E-state index in [-0.39, 0.29) is 5.91 Å². The van der Waals surface area contributed by atoms with E-state index in [9.17, 15) is 4.79 Å². The highest BCUT2D eigenvalue weighted by Gasteiger charge is 2.16. The molecule has 0 aliphatic heterocycles. The van der Waals surface area contributed by atoms with Gasteiger partial charge in [-0.3, -0.25) is 4.79 Å². The van der Waals surface area contributed by atoms with Crippen LogP contribution in [0.1, 0.15) is 53.3 Å². The summed E-state index contributed by atoms with van der Waals surface area (Å²) >= 11 is 0. The fraction of sp³-hybridized carbons (Fsp3) is 0.524. The first-order chi connectivity index (χ1) is 13.9. The number of benzene rings is 1. The first-order valence-electron chi connectivity index (χ1n) is 10.1. The van der Waals surface area contributed by atoms with Crippen LogP contribution in [0.25, 0.3) is 0 Å². The number of carbonyl (C=O) groups is 1. The zero-order valence-electron chi connectivity index (χ0n) is 17.8. The summed E-state index contributed by atoms with van der Waals surface area (Å²) in [5, 5.41) is 15.3. The van der Waals surface area contributed by atoms with E-state index in [0.717, 1.165) is 23.2 Å². The molecule has 0 spiro atoms. The van der Waals surface area contributed by atoms with E-state index < -0.39 is 0 Å². The maximum Gasteiger partial charge on any atom is 0.253 e. The third kappa shape index (κ3) is 5.56. The largest absolute Gasteiger partial charge is 0.354 e. The number of aliphatic imine (C=N–C) groups is 1. The van der Waals surface area contributed by atoms with E-state index in [1.54, 1.807) is 19.0 Å². The first kappa shape index (κ1) is 20.8. The number of hydrogen-bond donors (Lipinski definition) is 2. The summed E-state index contributed by atoms with van der Waals surface area (Å²) in [6, 6.07) is 8.08. The van der Waals surface area contributed by atoms with Crippen molar-refractivity contribution in [3.8, 4) is 0 Å².